The molecule has 1 fully saturated rings. The largest absolute Gasteiger partial charge is 0.673 e. The van der Waals surface area contributed by atoms with E-state index in [0.29, 0.717) is 0 Å². The van der Waals surface area contributed by atoms with Gasteiger partial charge in [0.05, 0.1) is 20.6 Å². The van der Waals surface area contributed by atoms with Crippen molar-refractivity contribution in [3.63, 3.8) is 0 Å². The Hall–Kier alpha value is -1.72. The molecule has 0 bridgehead atoms. The molecule has 2 rings (SSSR count). The van der Waals surface area contributed by atoms with Crippen LogP contribution in [0.25, 0.3) is 0 Å². The molecule has 32 heavy (non-hydrogen) atoms. The Morgan fingerprint density at radius 2 is 1.31 bits per heavy atom. The number of hydrogen-bond donors (Lipinski definition) is 2. The molecule has 1 aliphatic heterocycles. The lowest BCUT2D eigenvalue weighted by Crippen LogP contribution is -3.21. The number of aromatic nitrogens is 2. The molecule has 1 saturated heterocycles. The van der Waals surface area contributed by atoms with Gasteiger partial charge in [-0.2, -0.15) is 13.7 Å². The first-order valence-electron chi connectivity index (χ1n) is 8.47. The normalized spacial score (nSPS) is 20.7. The molecule has 0 aliphatic carbocycles. The molecule has 1 aliphatic rings. The highest BCUT2D eigenvalue weighted by Crippen LogP contribution is 2.34. The fourth-order valence-corrected chi connectivity index (χ4v) is 1.78. The first-order chi connectivity index (χ1) is 13.9. The Kier molecular flexibility index (Phi) is 12.1. The Morgan fingerprint density at radius 3 is 1.50 bits per heavy atom. The standard InChI is InChI=1S/C8H15N2.C4H4F6N2.2BF4/c1-3-4-5-10-7-6-9(2)8-10;1-12-3(7,8)2(5,6)11-4(12,9)10;2*2-1(3,4)5/h6-8H,3-5H2,1-2H3;11H,1H3;;/q+1;;2*-1/p+1. The van der Waals surface area contributed by atoms with Gasteiger partial charge < -0.3 is 34.5 Å². The monoisotopic (exact) mass is 508 g/mol. The van der Waals surface area contributed by atoms with E-state index in [-0.39, 0.29) is 12.4 Å². The van der Waals surface area contributed by atoms with Gasteiger partial charge in [0.1, 0.15) is 12.4 Å². The average Bonchev–Trinajstić information content (AvgIpc) is 2.97. The molecule has 1 aromatic heterocycles. The number of rotatable bonds is 3. The Labute approximate surface area is 173 Å². The van der Waals surface area contributed by atoms with E-state index in [9.17, 15) is 60.9 Å². The van der Waals surface area contributed by atoms with Crippen molar-refractivity contribution in [2.24, 2.45) is 7.05 Å². The van der Waals surface area contributed by atoms with Crippen LogP contribution in [0, 0.1) is 0 Å². The van der Waals surface area contributed by atoms with Crippen LogP contribution < -0.4 is 14.8 Å². The highest BCUT2D eigenvalue weighted by atomic mass is 19.5. The lowest BCUT2D eigenvalue weighted by atomic mass is 10.3. The molecule has 1 unspecified atom stereocenters. The SMILES string of the molecule is CCCCn1cc[n+](C)c1.C[NH+]1C(F)(F)NC(F)(F)C1(F)F.F[B-](F)(F)F.F[B-](F)(F)F. The van der Waals surface area contributed by atoms with E-state index in [1.54, 1.807) is 0 Å². The number of aryl methyl sites for hydroxylation is 2. The molecular formula is C12H20B2F14N4. The molecular weight excluding hydrogens is 488 g/mol. The maximum Gasteiger partial charge on any atom is 0.673 e. The maximum atomic E-state index is 12.3. The van der Waals surface area contributed by atoms with Gasteiger partial charge in [-0.15, -0.1) is 22.9 Å². The van der Waals surface area contributed by atoms with Crippen LogP contribution in [0.2, 0.25) is 0 Å². The number of likely N-dealkylation sites (N-methyl/N-ethyl adjacent to an activating group) is 1. The number of imidazole rings is 1. The van der Waals surface area contributed by atoms with Crippen LogP contribution in [-0.4, -0.2) is 44.4 Å². The van der Waals surface area contributed by atoms with E-state index in [4.69, 9.17) is 0 Å². The summed E-state index contributed by atoms with van der Waals surface area (Å²) >= 11 is 0. The third kappa shape index (κ3) is 14.4. The molecule has 192 valence electrons. The van der Waals surface area contributed by atoms with Crippen LogP contribution >= 0.6 is 0 Å². The summed E-state index contributed by atoms with van der Waals surface area (Å²) in [5.74, 6) is 0. The molecule has 0 aromatic carbocycles. The summed E-state index contributed by atoms with van der Waals surface area (Å²) in [4.78, 5) is -1.86. The lowest BCUT2D eigenvalue weighted by Gasteiger charge is -2.18. The minimum Gasteiger partial charge on any atom is -0.418 e. The van der Waals surface area contributed by atoms with Gasteiger partial charge in [0, 0.05) is 0 Å². The van der Waals surface area contributed by atoms with Crippen LogP contribution in [0.5, 0.6) is 0 Å². The Morgan fingerprint density at radius 1 is 0.906 bits per heavy atom. The predicted octanol–water partition coefficient (Wildman–Crippen LogP) is 3.55. The molecule has 0 saturated carbocycles. The molecule has 0 radical (unpaired) electrons. The number of hydrogen-bond acceptors (Lipinski definition) is 1. The topological polar surface area (TPSA) is 25.3 Å². The van der Waals surface area contributed by atoms with Crippen molar-refractivity contribution < 1.29 is 70.3 Å². The van der Waals surface area contributed by atoms with E-state index in [1.807, 2.05) is 7.05 Å². The zero-order valence-corrected chi connectivity index (χ0v) is 16.7. The second kappa shape index (κ2) is 11.9. The first-order valence-corrected chi connectivity index (χ1v) is 8.47. The summed E-state index contributed by atoms with van der Waals surface area (Å²) in [6.45, 7) is 3.36. The number of quaternary nitrogens is 1. The molecule has 0 spiro atoms. The van der Waals surface area contributed by atoms with Crippen molar-refractivity contribution in [1.29, 1.82) is 0 Å². The van der Waals surface area contributed by atoms with Crippen molar-refractivity contribution in [1.82, 2.24) is 9.88 Å². The zero-order chi connectivity index (χ0) is 26.2. The molecule has 20 heteroatoms. The fraction of sp³-hybridized carbons (Fsp3) is 0.750. The Balaban J connectivity index is 0. The number of nitrogens with zero attached hydrogens (tertiary/aromatic N) is 2. The van der Waals surface area contributed by atoms with E-state index >= 15 is 0 Å². The van der Waals surface area contributed by atoms with Gasteiger partial charge in [-0.3, -0.25) is 0 Å². The van der Waals surface area contributed by atoms with Crippen LogP contribution in [0.15, 0.2) is 18.7 Å². The van der Waals surface area contributed by atoms with Crippen molar-refractivity contribution in [2.75, 3.05) is 7.05 Å². The number of nitrogens with one attached hydrogen (secondary N) is 2. The van der Waals surface area contributed by atoms with Crippen LogP contribution in [0.1, 0.15) is 19.8 Å². The lowest BCUT2D eigenvalue weighted by molar-refractivity contribution is -1.04. The summed E-state index contributed by atoms with van der Waals surface area (Å²) in [7, 11) is -9.67. The predicted molar refractivity (Wildman–Crippen MR) is 85.8 cm³/mol. The molecule has 2 N–H and O–H groups in total. The maximum absolute atomic E-state index is 12.3. The van der Waals surface area contributed by atoms with Crippen molar-refractivity contribution in [3.8, 4) is 0 Å². The number of halogens is 14. The van der Waals surface area contributed by atoms with Crippen molar-refractivity contribution in [3.05, 3.63) is 18.7 Å². The van der Waals surface area contributed by atoms with Gasteiger partial charge in [0.2, 0.25) is 6.33 Å². The first kappa shape index (κ1) is 32.5. The third-order valence-corrected chi connectivity index (χ3v) is 3.24. The minimum atomic E-state index is -6.00. The summed E-state index contributed by atoms with van der Waals surface area (Å²) in [6, 6.07) is -9.67. The number of unbranched alkanes of at least 4 members (excludes halogenated alkanes) is 1. The fourth-order valence-electron chi connectivity index (χ4n) is 1.78. The van der Waals surface area contributed by atoms with E-state index in [2.05, 4.69) is 34.8 Å². The molecule has 1 atom stereocenters. The van der Waals surface area contributed by atoms with Gasteiger partial charge >= 0.3 is 32.8 Å². The quantitative estimate of drug-likeness (QED) is 0.278. The highest BCUT2D eigenvalue weighted by Gasteiger charge is 2.79. The second-order valence-electron chi connectivity index (χ2n) is 6.13. The highest BCUT2D eigenvalue weighted by molar-refractivity contribution is 6.50. The zero-order valence-electron chi connectivity index (χ0n) is 16.7. The van der Waals surface area contributed by atoms with E-state index in [1.165, 1.54) is 12.8 Å². The van der Waals surface area contributed by atoms with Gasteiger partial charge in [-0.05, 0) is 6.42 Å². The second-order valence-corrected chi connectivity index (χ2v) is 6.13. The van der Waals surface area contributed by atoms with Gasteiger partial charge in [0.15, 0.2) is 0 Å². The van der Waals surface area contributed by atoms with Gasteiger partial charge in [-0.25, -0.2) is 9.13 Å². The number of alkyl halides is 6. The van der Waals surface area contributed by atoms with Crippen LogP contribution in [0.3, 0.4) is 0 Å². The molecule has 4 nitrogen and oxygen atoms in total. The molecule has 1 aromatic rings. The minimum absolute atomic E-state index is 0.256. The van der Waals surface area contributed by atoms with Crippen LogP contribution in [0.4, 0.5) is 60.9 Å². The summed E-state index contributed by atoms with van der Waals surface area (Å²) in [5, 5.41) is 0.256. The van der Waals surface area contributed by atoms with Crippen LogP contribution in [-0.2, 0) is 13.6 Å². The summed E-state index contributed by atoms with van der Waals surface area (Å²) in [6.07, 6.45) is 4.50. The molecule has 0 amide bonds. The summed E-state index contributed by atoms with van der Waals surface area (Å²) in [5.41, 5.74) is 0. The molecule has 2 heterocycles. The average molecular weight is 508 g/mol. The smallest absolute Gasteiger partial charge is 0.418 e. The van der Waals surface area contributed by atoms with Crippen molar-refractivity contribution >= 4 is 14.5 Å². The van der Waals surface area contributed by atoms with Crippen molar-refractivity contribution in [2.45, 2.75) is 44.6 Å². The summed E-state index contributed by atoms with van der Waals surface area (Å²) < 4.78 is 155. The van der Waals surface area contributed by atoms with Gasteiger partial charge in [-0.1, -0.05) is 13.3 Å². The van der Waals surface area contributed by atoms with Gasteiger partial charge in [0.25, 0.3) is 0 Å². The van der Waals surface area contributed by atoms with E-state index < -0.39 is 37.7 Å². The van der Waals surface area contributed by atoms with E-state index in [0.717, 1.165) is 6.54 Å². The Bertz CT molecular complexity index is 637. The third-order valence-electron chi connectivity index (χ3n) is 3.24.